The van der Waals surface area contributed by atoms with Gasteiger partial charge >= 0.3 is 6.61 Å². The summed E-state index contributed by atoms with van der Waals surface area (Å²) < 4.78 is 61.0. The third-order valence-electron chi connectivity index (χ3n) is 5.09. The van der Waals surface area contributed by atoms with Crippen LogP contribution in [0.2, 0.25) is 0 Å². The minimum Gasteiger partial charge on any atom is -0.493 e. The van der Waals surface area contributed by atoms with Gasteiger partial charge in [0, 0.05) is 26.1 Å². The summed E-state index contributed by atoms with van der Waals surface area (Å²) in [6.45, 7) is 1.76. The molecule has 7 nitrogen and oxygen atoms in total. The predicted molar refractivity (Wildman–Crippen MR) is 121 cm³/mol. The van der Waals surface area contributed by atoms with Gasteiger partial charge < -0.3 is 14.8 Å². The maximum atomic E-state index is 12.5. The molecule has 0 aliphatic heterocycles. The molecule has 2 aromatic carbocycles. The van der Waals surface area contributed by atoms with Gasteiger partial charge in [0.25, 0.3) is 0 Å². The molecule has 182 valence electrons. The van der Waals surface area contributed by atoms with Gasteiger partial charge in [0.1, 0.15) is 0 Å². The van der Waals surface area contributed by atoms with E-state index in [0.29, 0.717) is 32.5 Å². The Morgan fingerprint density at radius 1 is 1.00 bits per heavy atom. The summed E-state index contributed by atoms with van der Waals surface area (Å²) in [5.74, 6) is -0.00538. The minimum atomic E-state index is -3.51. The lowest BCUT2D eigenvalue weighted by molar-refractivity contribution is -0.121. The summed E-state index contributed by atoms with van der Waals surface area (Å²) in [5, 5.41) is 2.79. The molecule has 0 fully saturated rings. The van der Waals surface area contributed by atoms with Gasteiger partial charge in [-0.2, -0.15) is 13.1 Å². The van der Waals surface area contributed by atoms with Crippen LogP contribution in [0.1, 0.15) is 31.4 Å². The van der Waals surface area contributed by atoms with Crippen LogP contribution in [0, 0.1) is 0 Å². The summed E-state index contributed by atoms with van der Waals surface area (Å²) in [6.07, 6.45) is 1.14. The number of benzene rings is 2. The molecule has 0 aliphatic rings. The third kappa shape index (κ3) is 7.68. The quantitative estimate of drug-likeness (QED) is 0.470. The first-order valence-electron chi connectivity index (χ1n) is 10.7. The standard InChI is InChI=1S/C23H30F2N2O5S/c1-4-27(5-2)33(29,30)19-10-6-17(7-11-19)9-13-22(28)26-15-14-18-8-12-20(31-3)21(16-18)32-23(24)25/h6-8,10-12,16,23H,4-5,9,13-15H2,1-3H3,(H,26,28). The van der Waals surface area contributed by atoms with Crippen molar-refractivity contribution in [2.24, 2.45) is 0 Å². The van der Waals surface area contributed by atoms with Crippen LogP contribution in [0.3, 0.4) is 0 Å². The number of carbonyl (C=O) groups excluding carboxylic acids is 1. The van der Waals surface area contributed by atoms with Crippen molar-refractivity contribution in [3.05, 3.63) is 53.6 Å². The molecule has 0 heterocycles. The first-order valence-corrected chi connectivity index (χ1v) is 12.1. The van der Waals surface area contributed by atoms with E-state index < -0.39 is 16.6 Å². The lowest BCUT2D eigenvalue weighted by Crippen LogP contribution is -2.30. The SMILES string of the molecule is CCN(CC)S(=O)(=O)c1ccc(CCC(=O)NCCc2ccc(OC)c(OC(F)F)c2)cc1. The van der Waals surface area contributed by atoms with Crippen molar-refractivity contribution in [2.45, 2.75) is 44.6 Å². The highest BCUT2D eigenvalue weighted by atomic mass is 32.2. The summed E-state index contributed by atoms with van der Waals surface area (Å²) in [6, 6.07) is 11.3. The molecule has 2 aromatic rings. The van der Waals surface area contributed by atoms with Gasteiger partial charge in [-0.05, 0) is 48.2 Å². The number of sulfonamides is 1. The summed E-state index contributed by atoms with van der Waals surface area (Å²) >= 11 is 0. The van der Waals surface area contributed by atoms with Crippen molar-refractivity contribution < 1.29 is 31.5 Å². The molecule has 0 spiro atoms. The van der Waals surface area contributed by atoms with Crippen molar-refractivity contribution in [1.29, 1.82) is 0 Å². The maximum absolute atomic E-state index is 12.5. The number of nitrogens with one attached hydrogen (secondary N) is 1. The van der Waals surface area contributed by atoms with Crippen molar-refractivity contribution in [3.8, 4) is 11.5 Å². The maximum Gasteiger partial charge on any atom is 0.387 e. The zero-order valence-electron chi connectivity index (χ0n) is 19.0. The highest BCUT2D eigenvalue weighted by Crippen LogP contribution is 2.29. The molecule has 0 aromatic heterocycles. The largest absolute Gasteiger partial charge is 0.493 e. The van der Waals surface area contributed by atoms with Crippen LogP contribution in [-0.4, -0.2) is 52.0 Å². The van der Waals surface area contributed by atoms with E-state index in [2.05, 4.69) is 10.1 Å². The Balaban J connectivity index is 1.84. The van der Waals surface area contributed by atoms with E-state index >= 15 is 0 Å². The van der Waals surface area contributed by atoms with E-state index in [1.54, 1.807) is 50.2 Å². The van der Waals surface area contributed by atoms with E-state index in [-0.39, 0.29) is 28.7 Å². The Morgan fingerprint density at radius 2 is 1.64 bits per heavy atom. The van der Waals surface area contributed by atoms with E-state index in [0.717, 1.165) is 11.1 Å². The molecule has 0 atom stereocenters. The highest BCUT2D eigenvalue weighted by molar-refractivity contribution is 7.89. The molecule has 10 heteroatoms. The molecule has 0 bridgehead atoms. The molecule has 0 radical (unpaired) electrons. The minimum absolute atomic E-state index is 0.0530. The van der Waals surface area contributed by atoms with Gasteiger partial charge in [0.05, 0.1) is 12.0 Å². The first kappa shape index (κ1) is 26.5. The second kappa shape index (κ2) is 12.5. The summed E-state index contributed by atoms with van der Waals surface area (Å²) in [4.78, 5) is 12.4. The molecule has 0 aliphatic carbocycles. The Hall–Kier alpha value is -2.72. The van der Waals surface area contributed by atoms with Crippen LogP contribution in [-0.2, 0) is 27.7 Å². The number of aryl methyl sites for hydroxylation is 1. The number of rotatable bonds is 13. The molecule has 2 rings (SSSR count). The van der Waals surface area contributed by atoms with E-state index in [9.17, 15) is 22.0 Å². The fraction of sp³-hybridized carbons (Fsp3) is 0.435. The number of alkyl halides is 2. The number of hydrogen-bond donors (Lipinski definition) is 1. The average molecular weight is 485 g/mol. The molecule has 0 saturated carbocycles. The fourth-order valence-corrected chi connectivity index (χ4v) is 4.76. The molecule has 1 amide bonds. The van der Waals surface area contributed by atoms with Gasteiger partial charge in [0.2, 0.25) is 15.9 Å². The molecular formula is C23H30F2N2O5S. The zero-order valence-corrected chi connectivity index (χ0v) is 19.8. The lowest BCUT2D eigenvalue weighted by Gasteiger charge is -2.18. The highest BCUT2D eigenvalue weighted by Gasteiger charge is 2.21. The smallest absolute Gasteiger partial charge is 0.387 e. The van der Waals surface area contributed by atoms with Crippen LogP contribution in [0.5, 0.6) is 11.5 Å². The van der Waals surface area contributed by atoms with E-state index in [1.807, 2.05) is 0 Å². The van der Waals surface area contributed by atoms with Crippen molar-refractivity contribution >= 4 is 15.9 Å². The van der Waals surface area contributed by atoms with Crippen LogP contribution in [0.4, 0.5) is 8.78 Å². The van der Waals surface area contributed by atoms with Crippen molar-refractivity contribution in [3.63, 3.8) is 0 Å². The zero-order chi connectivity index (χ0) is 24.4. The normalized spacial score (nSPS) is 11.6. The van der Waals surface area contributed by atoms with Gasteiger partial charge in [-0.25, -0.2) is 8.42 Å². The Bertz CT molecular complexity index is 1010. The van der Waals surface area contributed by atoms with Gasteiger partial charge in [-0.15, -0.1) is 0 Å². The van der Waals surface area contributed by atoms with E-state index in [4.69, 9.17) is 4.74 Å². The second-order valence-corrected chi connectivity index (χ2v) is 9.13. The summed E-state index contributed by atoms with van der Waals surface area (Å²) in [7, 11) is -2.14. The van der Waals surface area contributed by atoms with Gasteiger partial charge in [0.15, 0.2) is 11.5 Å². The molecular weight excluding hydrogens is 454 g/mol. The van der Waals surface area contributed by atoms with Crippen molar-refractivity contribution in [1.82, 2.24) is 9.62 Å². The van der Waals surface area contributed by atoms with Gasteiger partial charge in [-0.1, -0.05) is 32.0 Å². The second-order valence-electron chi connectivity index (χ2n) is 7.20. The lowest BCUT2D eigenvalue weighted by atomic mass is 10.1. The monoisotopic (exact) mass is 484 g/mol. The molecule has 0 saturated heterocycles. The average Bonchev–Trinajstić information content (AvgIpc) is 2.78. The third-order valence-corrected chi connectivity index (χ3v) is 7.15. The molecule has 33 heavy (non-hydrogen) atoms. The number of amides is 1. The number of nitrogens with zero attached hydrogens (tertiary/aromatic N) is 1. The predicted octanol–water partition coefficient (Wildman–Crippen LogP) is 3.62. The fourth-order valence-electron chi connectivity index (χ4n) is 3.30. The van der Waals surface area contributed by atoms with Crippen LogP contribution in [0.15, 0.2) is 47.4 Å². The van der Waals surface area contributed by atoms with E-state index in [1.165, 1.54) is 17.5 Å². The molecule has 1 N–H and O–H groups in total. The Morgan fingerprint density at radius 3 is 2.21 bits per heavy atom. The summed E-state index contributed by atoms with van der Waals surface area (Å²) in [5.41, 5.74) is 1.57. The topological polar surface area (TPSA) is 84.9 Å². The van der Waals surface area contributed by atoms with Crippen LogP contribution >= 0.6 is 0 Å². The van der Waals surface area contributed by atoms with Crippen LogP contribution < -0.4 is 14.8 Å². The number of methoxy groups -OCH3 is 1. The number of ether oxygens (including phenoxy) is 2. The number of halogens is 2. The molecule has 0 unspecified atom stereocenters. The number of carbonyl (C=O) groups is 1. The Labute approximate surface area is 193 Å². The first-order chi connectivity index (χ1) is 15.7. The van der Waals surface area contributed by atoms with Crippen LogP contribution in [0.25, 0.3) is 0 Å². The Kier molecular flexibility index (Phi) is 10.1. The van der Waals surface area contributed by atoms with Gasteiger partial charge in [-0.3, -0.25) is 4.79 Å². The van der Waals surface area contributed by atoms with Crippen molar-refractivity contribution in [2.75, 3.05) is 26.7 Å². The number of hydrogen-bond acceptors (Lipinski definition) is 5.